The van der Waals surface area contributed by atoms with E-state index in [1.807, 2.05) is 6.92 Å². The molecule has 1 aromatic heterocycles. The summed E-state index contributed by atoms with van der Waals surface area (Å²) in [6.45, 7) is 7.51. The molecule has 2 aliphatic heterocycles. The molecule has 2 aliphatic rings. The van der Waals surface area contributed by atoms with Crippen molar-refractivity contribution in [1.29, 1.82) is 0 Å². The summed E-state index contributed by atoms with van der Waals surface area (Å²) in [5.41, 5.74) is 0.948. The highest BCUT2D eigenvalue weighted by atomic mass is 16.1. The second-order valence-corrected chi connectivity index (χ2v) is 7.37. The van der Waals surface area contributed by atoms with Crippen LogP contribution in [0.1, 0.15) is 37.8 Å². The molecule has 0 aliphatic carbocycles. The number of nitrogens with zero attached hydrogens (tertiary/aromatic N) is 4. The lowest BCUT2D eigenvalue weighted by atomic mass is 9.95. The Morgan fingerprint density at radius 2 is 1.87 bits per heavy atom. The van der Waals surface area contributed by atoms with Crippen molar-refractivity contribution in [1.82, 2.24) is 19.6 Å². The number of aromatic nitrogens is 2. The molecule has 3 heterocycles. The summed E-state index contributed by atoms with van der Waals surface area (Å²) in [6.07, 6.45) is 6.44. The van der Waals surface area contributed by atoms with E-state index in [2.05, 4.69) is 21.9 Å². The fourth-order valence-corrected chi connectivity index (χ4v) is 3.95. The van der Waals surface area contributed by atoms with Gasteiger partial charge in [-0.25, -0.2) is 4.68 Å². The molecule has 3 rings (SSSR count). The minimum atomic E-state index is 0.0295. The summed E-state index contributed by atoms with van der Waals surface area (Å²) in [4.78, 5) is 17.0. The van der Waals surface area contributed by atoms with E-state index in [1.165, 1.54) is 45.2 Å². The van der Waals surface area contributed by atoms with E-state index in [9.17, 15) is 4.79 Å². The van der Waals surface area contributed by atoms with Gasteiger partial charge in [0.15, 0.2) is 0 Å². The van der Waals surface area contributed by atoms with Gasteiger partial charge in [0.25, 0.3) is 5.56 Å². The maximum Gasteiger partial charge on any atom is 0.266 e. The molecule has 1 aromatic rings. The van der Waals surface area contributed by atoms with E-state index in [0.717, 1.165) is 31.4 Å². The second kappa shape index (κ2) is 7.58. The lowest BCUT2D eigenvalue weighted by molar-refractivity contribution is 0.0995. The first-order chi connectivity index (χ1) is 11.1. The average Bonchev–Trinajstić information content (AvgIpc) is 2.55. The Hall–Kier alpha value is -1.20. The molecule has 5 heteroatoms. The van der Waals surface area contributed by atoms with Crippen molar-refractivity contribution in [3.05, 3.63) is 28.2 Å². The average molecular weight is 318 g/mol. The first-order valence-corrected chi connectivity index (χ1v) is 9.09. The van der Waals surface area contributed by atoms with E-state index in [-0.39, 0.29) is 5.56 Å². The fraction of sp³-hybridized carbons (Fsp3) is 0.778. The number of hydrogen-bond acceptors (Lipinski definition) is 4. The Kier molecular flexibility index (Phi) is 5.49. The maximum absolute atomic E-state index is 11.9. The predicted octanol–water partition coefficient (Wildman–Crippen LogP) is 1.75. The molecule has 2 fully saturated rings. The SMILES string of the molecule is Cc1ccc(=O)n(CC2CCN(CC3CCCCN3C)CC2)n1. The van der Waals surface area contributed by atoms with Crippen LogP contribution in [0.3, 0.4) is 0 Å². The molecule has 2 saturated heterocycles. The van der Waals surface area contributed by atoms with Crippen LogP contribution in [-0.2, 0) is 6.54 Å². The van der Waals surface area contributed by atoms with E-state index in [4.69, 9.17) is 0 Å². The Labute approximate surface area is 139 Å². The van der Waals surface area contributed by atoms with Gasteiger partial charge in [0.05, 0.1) is 5.69 Å². The van der Waals surface area contributed by atoms with Crippen molar-refractivity contribution in [3.63, 3.8) is 0 Å². The lowest BCUT2D eigenvalue weighted by Gasteiger charge is -2.39. The van der Waals surface area contributed by atoms with Crippen LogP contribution < -0.4 is 5.56 Å². The largest absolute Gasteiger partial charge is 0.302 e. The molecular formula is C18H30N4O. The van der Waals surface area contributed by atoms with E-state index < -0.39 is 0 Å². The zero-order valence-corrected chi connectivity index (χ0v) is 14.6. The monoisotopic (exact) mass is 318 g/mol. The zero-order valence-electron chi connectivity index (χ0n) is 14.6. The smallest absolute Gasteiger partial charge is 0.266 e. The van der Waals surface area contributed by atoms with Crippen LogP contribution >= 0.6 is 0 Å². The number of likely N-dealkylation sites (N-methyl/N-ethyl adjacent to an activating group) is 1. The van der Waals surface area contributed by atoms with Crippen molar-refractivity contribution in [2.45, 2.75) is 51.6 Å². The van der Waals surface area contributed by atoms with Crippen LogP contribution in [0, 0.1) is 12.8 Å². The molecule has 0 saturated carbocycles. The van der Waals surface area contributed by atoms with Gasteiger partial charge in [-0.3, -0.25) is 4.79 Å². The van der Waals surface area contributed by atoms with Crippen LogP contribution in [0.5, 0.6) is 0 Å². The Morgan fingerprint density at radius 3 is 2.61 bits per heavy atom. The van der Waals surface area contributed by atoms with Crippen LogP contribution in [-0.4, -0.2) is 58.8 Å². The molecule has 0 bridgehead atoms. The van der Waals surface area contributed by atoms with Crippen LogP contribution in [0.15, 0.2) is 16.9 Å². The van der Waals surface area contributed by atoms with E-state index in [0.29, 0.717) is 5.92 Å². The standard InChI is InChI=1S/C18H30N4O/c1-15-6-7-18(23)22(19-15)13-16-8-11-21(12-9-16)14-17-5-3-4-10-20(17)2/h6-7,16-17H,3-5,8-14H2,1-2H3. The molecule has 1 unspecified atom stereocenters. The highest BCUT2D eigenvalue weighted by Crippen LogP contribution is 2.21. The number of hydrogen-bond donors (Lipinski definition) is 0. The van der Waals surface area contributed by atoms with Gasteiger partial charge in [0.1, 0.15) is 0 Å². The molecule has 0 aromatic carbocycles. The minimum absolute atomic E-state index is 0.0295. The molecule has 5 nitrogen and oxygen atoms in total. The Morgan fingerprint density at radius 1 is 1.09 bits per heavy atom. The molecule has 0 spiro atoms. The number of piperidine rings is 2. The quantitative estimate of drug-likeness (QED) is 0.848. The van der Waals surface area contributed by atoms with Gasteiger partial charge in [-0.1, -0.05) is 6.42 Å². The number of aryl methyl sites for hydroxylation is 1. The Bertz CT molecular complexity index is 562. The highest BCUT2D eigenvalue weighted by Gasteiger charge is 2.25. The zero-order chi connectivity index (χ0) is 16.2. The van der Waals surface area contributed by atoms with Crippen molar-refractivity contribution in [2.24, 2.45) is 5.92 Å². The normalized spacial score (nSPS) is 24.9. The molecule has 1 atom stereocenters. The van der Waals surface area contributed by atoms with Gasteiger partial charge in [-0.15, -0.1) is 0 Å². The third kappa shape index (κ3) is 4.42. The van der Waals surface area contributed by atoms with Gasteiger partial charge >= 0.3 is 0 Å². The summed E-state index contributed by atoms with van der Waals surface area (Å²) < 4.78 is 1.66. The fourth-order valence-electron chi connectivity index (χ4n) is 3.95. The van der Waals surface area contributed by atoms with Gasteiger partial charge in [0, 0.05) is 25.2 Å². The van der Waals surface area contributed by atoms with Gasteiger partial charge in [0.2, 0.25) is 0 Å². The van der Waals surface area contributed by atoms with E-state index >= 15 is 0 Å². The molecule has 128 valence electrons. The topological polar surface area (TPSA) is 41.4 Å². The van der Waals surface area contributed by atoms with Gasteiger partial charge in [-0.05, 0) is 71.3 Å². The number of likely N-dealkylation sites (tertiary alicyclic amines) is 2. The van der Waals surface area contributed by atoms with E-state index in [1.54, 1.807) is 16.8 Å². The summed E-state index contributed by atoms with van der Waals surface area (Å²) in [7, 11) is 2.27. The predicted molar refractivity (Wildman–Crippen MR) is 92.7 cm³/mol. The first-order valence-electron chi connectivity index (χ1n) is 9.09. The van der Waals surface area contributed by atoms with Crippen molar-refractivity contribution < 1.29 is 0 Å². The summed E-state index contributed by atoms with van der Waals surface area (Å²) in [5.74, 6) is 0.585. The molecule has 0 radical (unpaired) electrons. The lowest BCUT2D eigenvalue weighted by Crippen LogP contribution is -2.47. The van der Waals surface area contributed by atoms with Crippen LogP contribution in [0.2, 0.25) is 0 Å². The molecule has 23 heavy (non-hydrogen) atoms. The van der Waals surface area contributed by atoms with Crippen molar-refractivity contribution in [2.75, 3.05) is 33.2 Å². The molecular weight excluding hydrogens is 288 g/mol. The summed E-state index contributed by atoms with van der Waals surface area (Å²) in [6, 6.07) is 4.17. The minimum Gasteiger partial charge on any atom is -0.302 e. The van der Waals surface area contributed by atoms with Gasteiger partial charge in [-0.2, -0.15) is 5.10 Å². The number of rotatable bonds is 4. The highest BCUT2D eigenvalue weighted by molar-refractivity contribution is 4.97. The summed E-state index contributed by atoms with van der Waals surface area (Å²) in [5, 5.41) is 4.37. The maximum atomic E-state index is 11.9. The molecule has 0 amide bonds. The third-order valence-electron chi connectivity index (χ3n) is 5.53. The summed E-state index contributed by atoms with van der Waals surface area (Å²) >= 11 is 0. The van der Waals surface area contributed by atoms with Crippen molar-refractivity contribution in [3.8, 4) is 0 Å². The third-order valence-corrected chi connectivity index (χ3v) is 5.53. The van der Waals surface area contributed by atoms with Gasteiger partial charge < -0.3 is 9.80 Å². The Balaban J connectivity index is 1.48. The first kappa shape index (κ1) is 16.7. The van der Waals surface area contributed by atoms with Crippen LogP contribution in [0.4, 0.5) is 0 Å². The van der Waals surface area contributed by atoms with Crippen LogP contribution in [0.25, 0.3) is 0 Å². The van der Waals surface area contributed by atoms with Crippen molar-refractivity contribution >= 4 is 0 Å². The molecule has 0 N–H and O–H groups in total. The second-order valence-electron chi connectivity index (χ2n) is 7.37.